The highest BCUT2D eigenvalue weighted by atomic mass is 19.4. The summed E-state index contributed by atoms with van der Waals surface area (Å²) in [6.07, 6.45) is -3.20. The van der Waals surface area contributed by atoms with Gasteiger partial charge in [-0.15, -0.1) is 0 Å². The highest BCUT2D eigenvalue weighted by Gasteiger charge is 2.29. The minimum Gasteiger partial charge on any atom is -0.396 e. The molecular formula is C13H17F3N2O2. The van der Waals surface area contributed by atoms with Gasteiger partial charge in [-0.2, -0.15) is 13.2 Å². The Kier molecular flexibility index (Phi) is 5.82. The molecule has 0 aliphatic rings. The number of hydrogen-bond donors (Lipinski definition) is 3. The molecule has 112 valence electrons. The van der Waals surface area contributed by atoms with Crippen molar-refractivity contribution in [2.24, 2.45) is 0 Å². The van der Waals surface area contributed by atoms with Crippen molar-refractivity contribution in [1.82, 2.24) is 5.32 Å². The summed E-state index contributed by atoms with van der Waals surface area (Å²) < 4.78 is 37.1. The molecule has 20 heavy (non-hydrogen) atoms. The molecule has 0 spiro atoms. The van der Waals surface area contributed by atoms with Gasteiger partial charge in [-0.1, -0.05) is 0 Å². The van der Waals surface area contributed by atoms with Crippen LogP contribution in [0.1, 0.15) is 25.3 Å². The highest BCUT2D eigenvalue weighted by molar-refractivity contribution is 5.89. The average molecular weight is 290 g/mol. The fourth-order valence-corrected chi connectivity index (χ4v) is 1.60. The molecule has 3 N–H and O–H groups in total. The molecule has 1 aromatic carbocycles. The summed E-state index contributed by atoms with van der Waals surface area (Å²) in [5.41, 5.74) is -0.482. The number of carbonyl (C=O) groups excluding carboxylic acids is 1. The van der Waals surface area contributed by atoms with Gasteiger partial charge in [-0.25, -0.2) is 4.79 Å². The van der Waals surface area contributed by atoms with Crippen LogP contribution in [0.25, 0.3) is 0 Å². The van der Waals surface area contributed by atoms with Gasteiger partial charge in [-0.05, 0) is 44.0 Å². The zero-order chi connectivity index (χ0) is 15.2. The predicted octanol–water partition coefficient (Wildman–Crippen LogP) is 2.99. The molecule has 0 bridgehead atoms. The number of hydrogen-bond acceptors (Lipinski definition) is 2. The van der Waals surface area contributed by atoms with Crippen molar-refractivity contribution in [3.8, 4) is 0 Å². The molecule has 1 unspecified atom stereocenters. The zero-order valence-corrected chi connectivity index (χ0v) is 11.0. The Hall–Kier alpha value is -1.76. The van der Waals surface area contributed by atoms with Gasteiger partial charge in [0.25, 0.3) is 0 Å². The van der Waals surface area contributed by atoms with Crippen LogP contribution in [-0.2, 0) is 6.18 Å². The molecule has 1 atom stereocenters. The van der Waals surface area contributed by atoms with E-state index in [9.17, 15) is 18.0 Å². The third-order valence-corrected chi connectivity index (χ3v) is 2.64. The molecule has 4 nitrogen and oxygen atoms in total. The molecule has 0 radical (unpaired) electrons. The van der Waals surface area contributed by atoms with Crippen molar-refractivity contribution in [2.45, 2.75) is 32.0 Å². The molecule has 0 saturated heterocycles. The van der Waals surface area contributed by atoms with Crippen molar-refractivity contribution in [3.63, 3.8) is 0 Å². The Balaban J connectivity index is 2.50. The molecule has 0 heterocycles. The van der Waals surface area contributed by atoms with Crippen molar-refractivity contribution in [1.29, 1.82) is 0 Å². The lowest BCUT2D eigenvalue weighted by atomic mass is 10.2. The van der Waals surface area contributed by atoms with Crippen LogP contribution < -0.4 is 10.6 Å². The van der Waals surface area contributed by atoms with Gasteiger partial charge in [0, 0.05) is 18.3 Å². The molecule has 1 rings (SSSR count). The number of benzene rings is 1. The molecule has 0 aliphatic carbocycles. The Morgan fingerprint density at radius 1 is 1.30 bits per heavy atom. The second-order valence-electron chi connectivity index (χ2n) is 4.44. The van der Waals surface area contributed by atoms with E-state index in [-0.39, 0.29) is 18.3 Å². The first kappa shape index (κ1) is 16.3. The number of carbonyl (C=O) groups is 1. The Morgan fingerprint density at radius 3 is 2.40 bits per heavy atom. The average Bonchev–Trinajstić information content (AvgIpc) is 2.35. The van der Waals surface area contributed by atoms with E-state index in [1.54, 1.807) is 6.92 Å². The standard InChI is InChI=1S/C13H17F3N2O2/c1-9(3-2-8-19)17-12(20)18-11-6-4-10(5-7-11)13(14,15)16/h4-7,9,19H,2-3,8H2,1H3,(H2,17,18,20). The maximum absolute atomic E-state index is 12.4. The van der Waals surface area contributed by atoms with Crippen LogP contribution in [0.4, 0.5) is 23.7 Å². The second kappa shape index (κ2) is 7.14. The lowest BCUT2D eigenvalue weighted by Crippen LogP contribution is -2.36. The largest absolute Gasteiger partial charge is 0.416 e. The van der Waals surface area contributed by atoms with E-state index in [0.29, 0.717) is 12.8 Å². The number of aliphatic hydroxyl groups excluding tert-OH is 1. The number of alkyl halides is 3. The summed E-state index contributed by atoms with van der Waals surface area (Å²) >= 11 is 0. The lowest BCUT2D eigenvalue weighted by Gasteiger charge is -2.14. The predicted molar refractivity (Wildman–Crippen MR) is 69.4 cm³/mol. The minimum absolute atomic E-state index is 0.0482. The third-order valence-electron chi connectivity index (χ3n) is 2.64. The Morgan fingerprint density at radius 2 is 1.90 bits per heavy atom. The van der Waals surface area contributed by atoms with E-state index in [2.05, 4.69) is 10.6 Å². The van der Waals surface area contributed by atoms with Gasteiger partial charge in [0.05, 0.1) is 5.56 Å². The maximum atomic E-state index is 12.4. The maximum Gasteiger partial charge on any atom is 0.416 e. The molecule has 1 aromatic rings. The van der Waals surface area contributed by atoms with Crippen molar-refractivity contribution < 1.29 is 23.1 Å². The van der Waals surface area contributed by atoms with Crippen LogP contribution in [0, 0.1) is 0 Å². The number of anilines is 1. The van der Waals surface area contributed by atoms with Crippen LogP contribution in [0.2, 0.25) is 0 Å². The van der Waals surface area contributed by atoms with Crippen LogP contribution >= 0.6 is 0 Å². The molecule has 2 amide bonds. The van der Waals surface area contributed by atoms with Gasteiger partial charge in [-0.3, -0.25) is 0 Å². The first-order valence-electron chi connectivity index (χ1n) is 6.18. The van der Waals surface area contributed by atoms with E-state index in [1.807, 2.05) is 0 Å². The molecule has 0 fully saturated rings. The van der Waals surface area contributed by atoms with Gasteiger partial charge >= 0.3 is 12.2 Å². The van der Waals surface area contributed by atoms with Crippen LogP contribution in [0.3, 0.4) is 0 Å². The van der Waals surface area contributed by atoms with Crippen molar-refractivity contribution in [3.05, 3.63) is 29.8 Å². The van der Waals surface area contributed by atoms with Crippen molar-refractivity contribution in [2.75, 3.05) is 11.9 Å². The van der Waals surface area contributed by atoms with E-state index < -0.39 is 17.8 Å². The van der Waals surface area contributed by atoms with E-state index in [4.69, 9.17) is 5.11 Å². The summed E-state index contributed by atoms with van der Waals surface area (Å²) in [7, 11) is 0. The second-order valence-corrected chi connectivity index (χ2v) is 4.44. The monoisotopic (exact) mass is 290 g/mol. The summed E-state index contributed by atoms with van der Waals surface area (Å²) in [5, 5.41) is 13.7. The number of aliphatic hydroxyl groups is 1. The van der Waals surface area contributed by atoms with Crippen LogP contribution in [-0.4, -0.2) is 23.8 Å². The summed E-state index contributed by atoms with van der Waals surface area (Å²) in [6.45, 7) is 1.83. The molecule has 7 heteroatoms. The minimum atomic E-state index is -4.39. The van der Waals surface area contributed by atoms with Gasteiger partial charge < -0.3 is 15.7 Å². The lowest BCUT2D eigenvalue weighted by molar-refractivity contribution is -0.137. The number of nitrogens with one attached hydrogen (secondary N) is 2. The smallest absolute Gasteiger partial charge is 0.396 e. The normalized spacial score (nSPS) is 12.8. The topological polar surface area (TPSA) is 61.4 Å². The van der Waals surface area contributed by atoms with Gasteiger partial charge in [0.15, 0.2) is 0 Å². The first-order valence-corrected chi connectivity index (χ1v) is 6.18. The number of urea groups is 1. The van der Waals surface area contributed by atoms with Gasteiger partial charge in [0.1, 0.15) is 0 Å². The Labute approximate surface area is 115 Å². The summed E-state index contributed by atoms with van der Waals surface area (Å²) in [6, 6.07) is 3.59. The fourth-order valence-electron chi connectivity index (χ4n) is 1.60. The fraction of sp³-hybridized carbons (Fsp3) is 0.462. The molecule has 0 aliphatic heterocycles. The number of amides is 2. The molecule has 0 saturated carbocycles. The van der Waals surface area contributed by atoms with Crippen LogP contribution in [0.15, 0.2) is 24.3 Å². The highest BCUT2D eigenvalue weighted by Crippen LogP contribution is 2.29. The molecular weight excluding hydrogens is 273 g/mol. The Bertz CT molecular complexity index is 432. The summed E-state index contributed by atoms with van der Waals surface area (Å²) in [4.78, 5) is 11.6. The van der Waals surface area contributed by atoms with E-state index in [1.165, 1.54) is 12.1 Å². The summed E-state index contributed by atoms with van der Waals surface area (Å²) in [5.74, 6) is 0. The van der Waals surface area contributed by atoms with Gasteiger partial charge in [0.2, 0.25) is 0 Å². The van der Waals surface area contributed by atoms with E-state index >= 15 is 0 Å². The molecule has 0 aromatic heterocycles. The zero-order valence-electron chi connectivity index (χ0n) is 11.0. The number of rotatable bonds is 5. The van der Waals surface area contributed by atoms with Crippen LogP contribution in [0.5, 0.6) is 0 Å². The van der Waals surface area contributed by atoms with Crippen molar-refractivity contribution >= 4 is 11.7 Å². The third kappa shape index (κ3) is 5.48. The quantitative estimate of drug-likeness (QED) is 0.780. The van der Waals surface area contributed by atoms with E-state index in [0.717, 1.165) is 12.1 Å². The number of halogens is 3. The SMILES string of the molecule is CC(CCCO)NC(=O)Nc1ccc(C(F)(F)F)cc1. The first-order chi connectivity index (χ1) is 9.32.